The molecule has 1 aromatic rings. The highest BCUT2D eigenvalue weighted by atomic mass is 35.5. The lowest BCUT2D eigenvalue weighted by atomic mass is 10.2. The van der Waals surface area contributed by atoms with Gasteiger partial charge in [0.2, 0.25) is 0 Å². The topological polar surface area (TPSA) is 29.5 Å². The standard InChI is InChI=1S/C7H6Cl2O2/c8-6-2-1-3-7(9)5(6)4-11-10/h1-3,10H,4H2. The first-order valence-corrected chi connectivity index (χ1v) is 3.70. The van der Waals surface area contributed by atoms with E-state index in [1.807, 2.05) is 0 Å². The van der Waals surface area contributed by atoms with Crippen molar-refractivity contribution in [1.29, 1.82) is 0 Å². The van der Waals surface area contributed by atoms with Crippen molar-refractivity contribution in [3.63, 3.8) is 0 Å². The first-order valence-electron chi connectivity index (χ1n) is 2.95. The Labute approximate surface area is 74.2 Å². The summed E-state index contributed by atoms with van der Waals surface area (Å²) < 4.78 is 0. The Balaban J connectivity index is 3.00. The second kappa shape index (κ2) is 3.93. The van der Waals surface area contributed by atoms with Gasteiger partial charge in [0.1, 0.15) is 6.61 Å². The van der Waals surface area contributed by atoms with Crippen LogP contribution in [0.5, 0.6) is 0 Å². The Bertz CT molecular complexity index is 230. The molecule has 4 heteroatoms. The van der Waals surface area contributed by atoms with Crippen LogP contribution in [0.4, 0.5) is 0 Å². The van der Waals surface area contributed by atoms with Crippen molar-refractivity contribution < 1.29 is 10.1 Å². The van der Waals surface area contributed by atoms with Crippen molar-refractivity contribution in [3.8, 4) is 0 Å². The molecule has 1 rings (SSSR count). The van der Waals surface area contributed by atoms with Gasteiger partial charge in [0.15, 0.2) is 0 Å². The molecule has 60 valence electrons. The van der Waals surface area contributed by atoms with Gasteiger partial charge in [-0.05, 0) is 12.1 Å². The smallest absolute Gasteiger partial charge is 0.110 e. The molecule has 0 saturated heterocycles. The summed E-state index contributed by atoms with van der Waals surface area (Å²) in [6, 6.07) is 5.09. The average molecular weight is 193 g/mol. The third-order valence-corrected chi connectivity index (χ3v) is 1.98. The highest BCUT2D eigenvalue weighted by Crippen LogP contribution is 2.24. The Hall–Kier alpha value is -0.280. The molecule has 0 atom stereocenters. The molecule has 0 aliphatic heterocycles. The van der Waals surface area contributed by atoms with E-state index in [1.165, 1.54) is 0 Å². The van der Waals surface area contributed by atoms with Gasteiger partial charge in [-0.2, -0.15) is 0 Å². The lowest BCUT2D eigenvalue weighted by molar-refractivity contribution is -0.252. The highest BCUT2D eigenvalue weighted by Gasteiger charge is 2.03. The summed E-state index contributed by atoms with van der Waals surface area (Å²) in [6.07, 6.45) is 0. The predicted molar refractivity (Wildman–Crippen MR) is 43.9 cm³/mol. The van der Waals surface area contributed by atoms with E-state index in [0.717, 1.165) is 0 Å². The summed E-state index contributed by atoms with van der Waals surface area (Å²) in [4.78, 5) is 3.92. The summed E-state index contributed by atoms with van der Waals surface area (Å²) in [6.45, 7) is 0.0124. The molecule has 0 heterocycles. The van der Waals surface area contributed by atoms with E-state index in [-0.39, 0.29) is 6.61 Å². The molecule has 0 fully saturated rings. The van der Waals surface area contributed by atoms with Gasteiger partial charge in [-0.15, -0.1) is 0 Å². The van der Waals surface area contributed by atoms with Crippen LogP contribution in [0.1, 0.15) is 5.56 Å². The zero-order valence-electron chi connectivity index (χ0n) is 5.55. The van der Waals surface area contributed by atoms with Gasteiger partial charge in [0.05, 0.1) is 0 Å². The molecular weight excluding hydrogens is 187 g/mol. The van der Waals surface area contributed by atoms with Gasteiger partial charge in [-0.3, -0.25) is 5.26 Å². The molecule has 0 aromatic heterocycles. The van der Waals surface area contributed by atoms with Crippen LogP contribution >= 0.6 is 23.2 Å². The Morgan fingerprint density at radius 1 is 1.27 bits per heavy atom. The normalized spacial score (nSPS) is 10.1. The molecule has 0 unspecified atom stereocenters. The lowest BCUT2D eigenvalue weighted by Crippen LogP contribution is -1.89. The van der Waals surface area contributed by atoms with E-state index < -0.39 is 0 Å². The lowest BCUT2D eigenvalue weighted by Gasteiger charge is -2.02. The molecular formula is C7H6Cl2O2. The second-order valence-corrected chi connectivity index (χ2v) is 2.79. The number of hydrogen-bond acceptors (Lipinski definition) is 2. The maximum absolute atomic E-state index is 8.15. The van der Waals surface area contributed by atoms with Crippen molar-refractivity contribution in [2.24, 2.45) is 0 Å². The SMILES string of the molecule is OOCc1c(Cl)cccc1Cl. The Morgan fingerprint density at radius 3 is 2.27 bits per heavy atom. The van der Waals surface area contributed by atoms with Crippen LogP contribution in [-0.4, -0.2) is 5.26 Å². The Kier molecular flexibility index (Phi) is 3.15. The average Bonchev–Trinajstić information content (AvgIpc) is 1.97. The zero-order valence-corrected chi connectivity index (χ0v) is 7.06. The van der Waals surface area contributed by atoms with Crippen LogP contribution < -0.4 is 0 Å². The van der Waals surface area contributed by atoms with Crippen LogP contribution in [0.25, 0.3) is 0 Å². The van der Waals surface area contributed by atoms with Crippen LogP contribution in [0.15, 0.2) is 18.2 Å². The number of halogens is 2. The largest absolute Gasteiger partial charge is 0.251 e. The van der Waals surface area contributed by atoms with Crippen molar-refractivity contribution in [2.75, 3.05) is 0 Å². The van der Waals surface area contributed by atoms with Crippen molar-refractivity contribution in [3.05, 3.63) is 33.8 Å². The van der Waals surface area contributed by atoms with Crippen molar-refractivity contribution >= 4 is 23.2 Å². The molecule has 0 aliphatic rings. The van der Waals surface area contributed by atoms with E-state index in [4.69, 9.17) is 28.5 Å². The van der Waals surface area contributed by atoms with Gasteiger partial charge in [0.25, 0.3) is 0 Å². The van der Waals surface area contributed by atoms with Crippen molar-refractivity contribution in [1.82, 2.24) is 0 Å². The molecule has 1 N–H and O–H groups in total. The third-order valence-electron chi connectivity index (χ3n) is 1.27. The molecule has 0 amide bonds. The summed E-state index contributed by atoms with van der Waals surface area (Å²) in [5, 5.41) is 9.14. The maximum atomic E-state index is 8.15. The quantitative estimate of drug-likeness (QED) is 0.577. The first kappa shape index (κ1) is 8.81. The van der Waals surface area contributed by atoms with Gasteiger partial charge in [-0.1, -0.05) is 29.3 Å². The number of rotatable bonds is 2. The van der Waals surface area contributed by atoms with Gasteiger partial charge in [0, 0.05) is 15.6 Å². The Morgan fingerprint density at radius 2 is 1.82 bits per heavy atom. The minimum absolute atomic E-state index is 0.0124. The van der Waals surface area contributed by atoms with Crippen molar-refractivity contribution in [2.45, 2.75) is 6.61 Å². The molecule has 0 bridgehead atoms. The number of hydrogen-bond donors (Lipinski definition) is 1. The van der Waals surface area contributed by atoms with Crippen LogP contribution in [-0.2, 0) is 11.5 Å². The van der Waals surface area contributed by atoms with E-state index in [2.05, 4.69) is 4.89 Å². The van der Waals surface area contributed by atoms with E-state index >= 15 is 0 Å². The van der Waals surface area contributed by atoms with E-state index in [0.29, 0.717) is 15.6 Å². The fraction of sp³-hybridized carbons (Fsp3) is 0.143. The molecule has 0 radical (unpaired) electrons. The minimum atomic E-state index is 0.0124. The fourth-order valence-corrected chi connectivity index (χ4v) is 1.24. The summed E-state index contributed by atoms with van der Waals surface area (Å²) in [5.41, 5.74) is 0.596. The summed E-state index contributed by atoms with van der Waals surface area (Å²) >= 11 is 11.5. The molecule has 0 saturated carbocycles. The minimum Gasteiger partial charge on any atom is -0.251 e. The van der Waals surface area contributed by atoms with Gasteiger partial charge < -0.3 is 0 Å². The van der Waals surface area contributed by atoms with Crippen LogP contribution in [0, 0.1) is 0 Å². The number of benzene rings is 1. The maximum Gasteiger partial charge on any atom is 0.110 e. The molecule has 0 spiro atoms. The monoisotopic (exact) mass is 192 g/mol. The van der Waals surface area contributed by atoms with Crippen LogP contribution in [0.3, 0.4) is 0 Å². The molecule has 0 aliphatic carbocycles. The first-order chi connectivity index (χ1) is 5.25. The van der Waals surface area contributed by atoms with E-state index in [1.54, 1.807) is 18.2 Å². The molecule has 2 nitrogen and oxygen atoms in total. The third kappa shape index (κ3) is 2.07. The fourth-order valence-electron chi connectivity index (χ4n) is 0.735. The predicted octanol–water partition coefficient (Wildman–Crippen LogP) is 2.98. The second-order valence-electron chi connectivity index (χ2n) is 1.97. The van der Waals surface area contributed by atoms with Gasteiger partial charge >= 0.3 is 0 Å². The van der Waals surface area contributed by atoms with Crippen LogP contribution in [0.2, 0.25) is 10.0 Å². The molecule has 1 aromatic carbocycles. The summed E-state index contributed by atoms with van der Waals surface area (Å²) in [7, 11) is 0. The zero-order chi connectivity index (χ0) is 8.27. The van der Waals surface area contributed by atoms with E-state index in [9.17, 15) is 0 Å². The van der Waals surface area contributed by atoms with Gasteiger partial charge in [-0.25, -0.2) is 4.89 Å². The highest BCUT2D eigenvalue weighted by molar-refractivity contribution is 6.35. The molecule has 11 heavy (non-hydrogen) atoms. The summed E-state index contributed by atoms with van der Waals surface area (Å²) in [5.74, 6) is 0.